The summed E-state index contributed by atoms with van der Waals surface area (Å²) in [6, 6.07) is 11.9. The quantitative estimate of drug-likeness (QED) is 0.698. The molecule has 2 aliphatic rings. The number of sulfonamides is 1. The Balaban J connectivity index is 1.58. The van der Waals surface area contributed by atoms with Gasteiger partial charge in [-0.3, -0.25) is 9.59 Å². The fourth-order valence-corrected chi connectivity index (χ4v) is 5.96. The Hall–Kier alpha value is -2.91. The monoisotopic (exact) mass is 471 g/mol. The number of rotatable bonds is 6. The number of para-hydroxylation sites is 2. The van der Waals surface area contributed by atoms with Crippen LogP contribution in [0.5, 0.6) is 5.75 Å². The number of anilines is 2. The number of amides is 2. The minimum atomic E-state index is -3.57. The lowest BCUT2D eigenvalue weighted by Gasteiger charge is -2.27. The molecule has 2 aliphatic heterocycles. The lowest BCUT2D eigenvalue weighted by molar-refractivity contribution is -0.121. The first-order valence-electron chi connectivity index (χ1n) is 11.3. The summed E-state index contributed by atoms with van der Waals surface area (Å²) in [4.78, 5) is 27.3. The van der Waals surface area contributed by atoms with E-state index in [4.69, 9.17) is 4.74 Å². The van der Waals surface area contributed by atoms with Crippen molar-refractivity contribution in [3.63, 3.8) is 0 Å². The van der Waals surface area contributed by atoms with E-state index < -0.39 is 10.0 Å². The highest BCUT2D eigenvalue weighted by atomic mass is 32.2. The van der Waals surface area contributed by atoms with E-state index in [9.17, 15) is 18.0 Å². The van der Waals surface area contributed by atoms with Crippen LogP contribution in [-0.2, 0) is 26.0 Å². The number of carbonyl (C=O) groups is 2. The van der Waals surface area contributed by atoms with Crippen LogP contribution in [0.4, 0.5) is 11.4 Å². The zero-order valence-corrected chi connectivity index (χ0v) is 19.6. The first kappa shape index (κ1) is 23.3. The van der Waals surface area contributed by atoms with Crippen LogP contribution in [0.1, 0.15) is 37.7 Å². The zero-order chi connectivity index (χ0) is 23.4. The molecule has 0 radical (unpaired) electrons. The fraction of sp³-hybridized carbons (Fsp3) is 0.417. The summed E-state index contributed by atoms with van der Waals surface area (Å²) in [5.74, 6) is 0.0160. The Morgan fingerprint density at radius 1 is 1.03 bits per heavy atom. The van der Waals surface area contributed by atoms with E-state index in [0.29, 0.717) is 49.5 Å². The molecule has 0 saturated carbocycles. The number of piperidine rings is 1. The van der Waals surface area contributed by atoms with Gasteiger partial charge in [0.15, 0.2) is 0 Å². The molecule has 1 fully saturated rings. The van der Waals surface area contributed by atoms with Crippen molar-refractivity contribution in [2.75, 3.05) is 37.0 Å². The lowest BCUT2D eigenvalue weighted by atomic mass is 10.1. The molecule has 0 unspecified atom stereocenters. The number of nitrogens with one attached hydrogen (secondary N) is 1. The lowest BCUT2D eigenvalue weighted by Crippen LogP contribution is -2.38. The number of aryl methyl sites for hydroxylation is 1. The molecule has 0 atom stereocenters. The molecule has 1 saturated heterocycles. The molecule has 0 aliphatic carbocycles. The van der Waals surface area contributed by atoms with E-state index in [1.165, 1.54) is 12.0 Å². The molecular weight excluding hydrogens is 442 g/mol. The molecule has 0 aromatic heterocycles. The Morgan fingerprint density at radius 3 is 2.55 bits per heavy atom. The standard InChI is InChI=1S/C24H29N3O5S/c1-32-22-10-4-3-9-20(22)25-23(28)17-27-21-13-12-19(16-18(21)8-7-11-24(27)29)33(30,31)26-14-5-2-6-15-26/h3-4,9-10,12-13,16H,2,5-8,11,14-15,17H2,1H3,(H,25,28). The van der Waals surface area contributed by atoms with Crippen LogP contribution < -0.4 is 15.0 Å². The zero-order valence-electron chi connectivity index (χ0n) is 18.7. The molecule has 0 bridgehead atoms. The van der Waals surface area contributed by atoms with Gasteiger partial charge in [0.05, 0.1) is 17.7 Å². The van der Waals surface area contributed by atoms with Crippen molar-refractivity contribution in [1.82, 2.24) is 4.31 Å². The van der Waals surface area contributed by atoms with E-state index in [1.807, 2.05) is 0 Å². The molecule has 4 rings (SSSR count). The van der Waals surface area contributed by atoms with E-state index in [2.05, 4.69) is 5.32 Å². The van der Waals surface area contributed by atoms with E-state index >= 15 is 0 Å². The second-order valence-corrected chi connectivity index (χ2v) is 10.3. The average molecular weight is 472 g/mol. The summed E-state index contributed by atoms with van der Waals surface area (Å²) >= 11 is 0. The molecule has 0 spiro atoms. The second-order valence-electron chi connectivity index (χ2n) is 8.34. The Kier molecular flexibility index (Phi) is 6.99. The van der Waals surface area contributed by atoms with Crippen LogP contribution in [-0.4, -0.2) is 51.3 Å². The minimum absolute atomic E-state index is 0.157. The highest BCUT2D eigenvalue weighted by molar-refractivity contribution is 7.89. The van der Waals surface area contributed by atoms with Crippen LogP contribution in [0.15, 0.2) is 47.4 Å². The van der Waals surface area contributed by atoms with Crippen molar-refractivity contribution < 1.29 is 22.7 Å². The predicted octanol–water partition coefficient (Wildman–Crippen LogP) is 3.18. The maximum Gasteiger partial charge on any atom is 0.244 e. The molecule has 33 heavy (non-hydrogen) atoms. The van der Waals surface area contributed by atoms with Crippen molar-refractivity contribution in [1.29, 1.82) is 0 Å². The summed E-state index contributed by atoms with van der Waals surface area (Å²) in [7, 11) is -2.05. The van der Waals surface area contributed by atoms with Crippen LogP contribution in [0.25, 0.3) is 0 Å². The minimum Gasteiger partial charge on any atom is -0.495 e. The third-order valence-corrected chi connectivity index (χ3v) is 8.01. The SMILES string of the molecule is COc1ccccc1NC(=O)CN1C(=O)CCCc2cc(S(=O)(=O)N3CCCCC3)ccc21. The maximum atomic E-state index is 13.1. The normalized spacial score (nSPS) is 17.2. The molecule has 2 amide bonds. The number of ether oxygens (including phenoxy) is 1. The van der Waals surface area contributed by atoms with Gasteiger partial charge >= 0.3 is 0 Å². The summed E-state index contributed by atoms with van der Waals surface area (Å²) in [6.07, 6.45) is 4.26. The number of fused-ring (bicyclic) bond motifs is 1. The van der Waals surface area contributed by atoms with Crippen molar-refractivity contribution in [2.24, 2.45) is 0 Å². The van der Waals surface area contributed by atoms with Crippen LogP contribution in [0.2, 0.25) is 0 Å². The summed E-state index contributed by atoms with van der Waals surface area (Å²) < 4.78 is 33.0. The first-order chi connectivity index (χ1) is 15.9. The fourth-order valence-electron chi connectivity index (χ4n) is 4.39. The highest BCUT2D eigenvalue weighted by Crippen LogP contribution is 2.31. The third-order valence-electron chi connectivity index (χ3n) is 6.12. The van der Waals surface area contributed by atoms with E-state index in [1.54, 1.807) is 46.8 Å². The van der Waals surface area contributed by atoms with Gasteiger partial charge in [-0.15, -0.1) is 0 Å². The van der Waals surface area contributed by atoms with Crippen molar-refractivity contribution in [2.45, 2.75) is 43.4 Å². The van der Waals surface area contributed by atoms with Gasteiger partial charge in [0.2, 0.25) is 21.8 Å². The molecule has 8 nitrogen and oxygen atoms in total. The van der Waals surface area contributed by atoms with Gasteiger partial charge in [-0.05, 0) is 61.6 Å². The van der Waals surface area contributed by atoms with Crippen molar-refractivity contribution in [3.05, 3.63) is 48.0 Å². The van der Waals surface area contributed by atoms with Crippen molar-refractivity contribution >= 4 is 33.2 Å². The number of hydrogen-bond acceptors (Lipinski definition) is 5. The molecule has 1 N–H and O–H groups in total. The average Bonchev–Trinajstić information content (AvgIpc) is 2.98. The predicted molar refractivity (Wildman–Crippen MR) is 126 cm³/mol. The van der Waals surface area contributed by atoms with E-state index in [-0.39, 0.29) is 23.3 Å². The summed E-state index contributed by atoms with van der Waals surface area (Å²) in [5, 5.41) is 2.80. The van der Waals surface area contributed by atoms with Crippen LogP contribution in [0.3, 0.4) is 0 Å². The number of hydrogen-bond donors (Lipinski definition) is 1. The first-order valence-corrected chi connectivity index (χ1v) is 12.7. The number of benzene rings is 2. The molecule has 2 aromatic rings. The second kappa shape index (κ2) is 9.93. The number of methoxy groups -OCH3 is 1. The third kappa shape index (κ3) is 5.04. The van der Waals surface area contributed by atoms with Gasteiger partial charge in [-0.1, -0.05) is 18.6 Å². The smallest absolute Gasteiger partial charge is 0.244 e. The molecular formula is C24H29N3O5S. The summed E-state index contributed by atoms with van der Waals surface area (Å²) in [6.45, 7) is 0.905. The van der Waals surface area contributed by atoms with Gasteiger partial charge in [0, 0.05) is 25.2 Å². The Bertz CT molecular complexity index is 1140. The van der Waals surface area contributed by atoms with Crippen LogP contribution >= 0.6 is 0 Å². The summed E-state index contributed by atoms with van der Waals surface area (Å²) in [5.41, 5.74) is 1.88. The maximum absolute atomic E-state index is 13.1. The van der Waals surface area contributed by atoms with Gasteiger partial charge < -0.3 is 15.0 Å². The molecule has 176 valence electrons. The molecule has 9 heteroatoms. The van der Waals surface area contributed by atoms with Crippen molar-refractivity contribution in [3.8, 4) is 5.75 Å². The largest absolute Gasteiger partial charge is 0.495 e. The topological polar surface area (TPSA) is 96.0 Å². The molecule has 2 aromatic carbocycles. The van der Waals surface area contributed by atoms with Gasteiger partial charge in [-0.25, -0.2) is 8.42 Å². The number of nitrogens with zero attached hydrogens (tertiary/aromatic N) is 2. The van der Waals surface area contributed by atoms with Gasteiger partial charge in [-0.2, -0.15) is 4.31 Å². The van der Waals surface area contributed by atoms with Crippen LogP contribution in [0, 0.1) is 0 Å². The highest BCUT2D eigenvalue weighted by Gasteiger charge is 2.29. The van der Waals surface area contributed by atoms with Gasteiger partial charge in [0.25, 0.3) is 0 Å². The number of carbonyl (C=O) groups excluding carboxylic acids is 2. The Labute approximate surface area is 194 Å². The van der Waals surface area contributed by atoms with E-state index in [0.717, 1.165) is 24.8 Å². The molecule has 2 heterocycles. The Morgan fingerprint density at radius 2 is 1.79 bits per heavy atom. The van der Waals surface area contributed by atoms with Gasteiger partial charge in [0.1, 0.15) is 12.3 Å².